The molecule has 0 aliphatic heterocycles. The van der Waals surface area contributed by atoms with Crippen molar-refractivity contribution < 1.29 is 4.74 Å². The molecular weight excluding hydrogens is 214 g/mol. The molecule has 0 spiro atoms. The number of methoxy groups -OCH3 is 1. The zero-order chi connectivity index (χ0) is 12.3. The van der Waals surface area contributed by atoms with Gasteiger partial charge >= 0.3 is 0 Å². The van der Waals surface area contributed by atoms with Crippen LogP contribution in [-0.4, -0.2) is 17.1 Å². The average Bonchev–Trinajstić information content (AvgIpc) is 2.36. The molecule has 0 aromatic carbocycles. The smallest absolute Gasteiger partial charge is 0.159 e. The summed E-state index contributed by atoms with van der Waals surface area (Å²) in [5.74, 6) is 1.84. The molecule has 17 heavy (non-hydrogen) atoms. The van der Waals surface area contributed by atoms with Crippen molar-refractivity contribution in [1.82, 2.24) is 9.97 Å². The Balaban J connectivity index is 2.18. The Morgan fingerprint density at radius 2 is 2.06 bits per heavy atom. The average molecular weight is 235 g/mol. The van der Waals surface area contributed by atoms with E-state index < -0.39 is 0 Å². The highest BCUT2D eigenvalue weighted by molar-refractivity contribution is 5.36. The minimum absolute atomic E-state index is 0.00167. The molecule has 1 saturated carbocycles. The van der Waals surface area contributed by atoms with E-state index in [1.807, 2.05) is 6.92 Å². The number of aryl methyl sites for hydroxylation is 1. The largest absolute Gasteiger partial charge is 0.383 e. The van der Waals surface area contributed by atoms with Crippen LogP contribution in [0.2, 0.25) is 0 Å². The molecule has 1 aliphatic carbocycles. The Morgan fingerprint density at radius 3 is 2.65 bits per heavy atom. The number of anilines is 1. The zero-order valence-corrected chi connectivity index (χ0v) is 10.6. The SMILES string of the molecule is COC(c1ncc(C)c(N)n1)C1CCCCC1. The van der Waals surface area contributed by atoms with Gasteiger partial charge in [0, 0.05) is 18.9 Å². The van der Waals surface area contributed by atoms with E-state index in [0.717, 1.165) is 11.4 Å². The van der Waals surface area contributed by atoms with Gasteiger partial charge in [-0.3, -0.25) is 0 Å². The third-order valence-corrected chi connectivity index (χ3v) is 3.62. The Bertz CT molecular complexity index is 375. The van der Waals surface area contributed by atoms with Crippen LogP contribution >= 0.6 is 0 Å². The second-order valence-corrected chi connectivity index (χ2v) is 4.85. The molecule has 1 atom stereocenters. The highest BCUT2D eigenvalue weighted by Crippen LogP contribution is 2.35. The molecular formula is C13H21N3O. The van der Waals surface area contributed by atoms with E-state index in [0.29, 0.717) is 11.7 Å². The maximum Gasteiger partial charge on any atom is 0.159 e. The zero-order valence-electron chi connectivity index (χ0n) is 10.6. The van der Waals surface area contributed by atoms with Gasteiger partial charge in [-0.25, -0.2) is 9.97 Å². The fourth-order valence-corrected chi connectivity index (χ4v) is 2.55. The second-order valence-electron chi connectivity index (χ2n) is 4.85. The number of aromatic nitrogens is 2. The van der Waals surface area contributed by atoms with Crippen molar-refractivity contribution in [2.45, 2.75) is 45.1 Å². The van der Waals surface area contributed by atoms with E-state index in [4.69, 9.17) is 10.5 Å². The molecule has 1 aromatic heterocycles. The Labute approximate surface area is 103 Å². The van der Waals surface area contributed by atoms with E-state index in [2.05, 4.69) is 9.97 Å². The first-order valence-electron chi connectivity index (χ1n) is 6.34. The van der Waals surface area contributed by atoms with Crippen LogP contribution in [0.3, 0.4) is 0 Å². The molecule has 1 fully saturated rings. The van der Waals surface area contributed by atoms with Crippen LogP contribution in [0.1, 0.15) is 49.6 Å². The number of hydrogen-bond donors (Lipinski definition) is 1. The van der Waals surface area contributed by atoms with Gasteiger partial charge in [0.25, 0.3) is 0 Å². The second kappa shape index (κ2) is 5.45. The minimum Gasteiger partial charge on any atom is -0.383 e. The number of nitrogens with two attached hydrogens (primary N) is 1. The van der Waals surface area contributed by atoms with Crippen LogP contribution in [-0.2, 0) is 4.74 Å². The maximum absolute atomic E-state index is 5.84. The molecule has 1 aromatic rings. The van der Waals surface area contributed by atoms with Gasteiger partial charge in [-0.1, -0.05) is 19.3 Å². The first-order chi connectivity index (χ1) is 8.22. The van der Waals surface area contributed by atoms with E-state index in [9.17, 15) is 0 Å². The van der Waals surface area contributed by atoms with E-state index >= 15 is 0 Å². The lowest BCUT2D eigenvalue weighted by Gasteiger charge is -2.28. The molecule has 4 heteroatoms. The van der Waals surface area contributed by atoms with Crippen molar-refractivity contribution in [2.24, 2.45) is 5.92 Å². The Kier molecular flexibility index (Phi) is 3.94. The van der Waals surface area contributed by atoms with E-state index in [1.165, 1.54) is 32.1 Å². The first-order valence-corrected chi connectivity index (χ1v) is 6.34. The van der Waals surface area contributed by atoms with Crippen molar-refractivity contribution in [3.63, 3.8) is 0 Å². The number of nitrogen functional groups attached to an aromatic ring is 1. The lowest BCUT2D eigenvalue weighted by molar-refractivity contribution is 0.0290. The summed E-state index contributed by atoms with van der Waals surface area (Å²) in [5, 5.41) is 0. The van der Waals surface area contributed by atoms with Crippen molar-refractivity contribution in [3.8, 4) is 0 Å². The summed E-state index contributed by atoms with van der Waals surface area (Å²) in [5.41, 5.74) is 6.76. The molecule has 1 aliphatic rings. The standard InChI is InChI=1S/C13H21N3O/c1-9-8-15-13(16-12(9)14)11(17-2)10-6-4-3-5-7-10/h8,10-11H,3-7H2,1-2H3,(H2,14,15,16). The fourth-order valence-electron chi connectivity index (χ4n) is 2.55. The van der Waals surface area contributed by atoms with Crippen molar-refractivity contribution in [2.75, 3.05) is 12.8 Å². The van der Waals surface area contributed by atoms with Gasteiger partial charge in [-0.2, -0.15) is 0 Å². The molecule has 2 rings (SSSR count). The number of nitrogens with zero attached hydrogens (tertiary/aromatic N) is 2. The lowest BCUT2D eigenvalue weighted by Crippen LogP contribution is -2.20. The van der Waals surface area contributed by atoms with Gasteiger partial charge in [0.15, 0.2) is 5.82 Å². The fraction of sp³-hybridized carbons (Fsp3) is 0.692. The summed E-state index contributed by atoms with van der Waals surface area (Å²) in [7, 11) is 1.73. The normalized spacial score (nSPS) is 19.2. The van der Waals surface area contributed by atoms with Crippen LogP contribution in [0, 0.1) is 12.8 Å². The number of rotatable bonds is 3. The molecule has 1 heterocycles. The molecule has 4 nitrogen and oxygen atoms in total. The van der Waals surface area contributed by atoms with Crippen molar-refractivity contribution in [1.29, 1.82) is 0 Å². The third-order valence-electron chi connectivity index (χ3n) is 3.62. The summed E-state index contributed by atoms with van der Waals surface area (Å²) in [4.78, 5) is 8.73. The summed E-state index contributed by atoms with van der Waals surface area (Å²) in [6.07, 6.45) is 8.09. The van der Waals surface area contributed by atoms with Crippen LogP contribution in [0.5, 0.6) is 0 Å². The molecule has 0 saturated heterocycles. The van der Waals surface area contributed by atoms with Gasteiger partial charge in [-0.15, -0.1) is 0 Å². The van der Waals surface area contributed by atoms with Crippen LogP contribution < -0.4 is 5.73 Å². The van der Waals surface area contributed by atoms with Gasteiger partial charge < -0.3 is 10.5 Å². The maximum atomic E-state index is 5.84. The van der Waals surface area contributed by atoms with Crippen LogP contribution in [0.15, 0.2) is 6.20 Å². The van der Waals surface area contributed by atoms with Gasteiger partial charge in [0.2, 0.25) is 0 Å². The summed E-state index contributed by atoms with van der Waals surface area (Å²) >= 11 is 0. The summed E-state index contributed by atoms with van der Waals surface area (Å²) in [6, 6.07) is 0. The molecule has 1 unspecified atom stereocenters. The molecule has 2 N–H and O–H groups in total. The van der Waals surface area contributed by atoms with Crippen molar-refractivity contribution in [3.05, 3.63) is 17.6 Å². The van der Waals surface area contributed by atoms with Gasteiger partial charge in [-0.05, 0) is 25.7 Å². The molecule has 0 radical (unpaired) electrons. The van der Waals surface area contributed by atoms with Gasteiger partial charge in [0.1, 0.15) is 11.9 Å². The van der Waals surface area contributed by atoms with E-state index in [1.54, 1.807) is 13.3 Å². The quantitative estimate of drug-likeness (QED) is 0.874. The van der Waals surface area contributed by atoms with Crippen LogP contribution in [0.4, 0.5) is 5.82 Å². The molecule has 0 bridgehead atoms. The Morgan fingerprint density at radius 1 is 1.35 bits per heavy atom. The van der Waals surface area contributed by atoms with E-state index in [-0.39, 0.29) is 6.10 Å². The Hall–Kier alpha value is -1.16. The monoisotopic (exact) mass is 235 g/mol. The summed E-state index contributed by atoms with van der Waals surface area (Å²) < 4.78 is 5.59. The minimum atomic E-state index is -0.00167. The molecule has 94 valence electrons. The number of ether oxygens (including phenoxy) is 1. The third kappa shape index (κ3) is 2.75. The van der Waals surface area contributed by atoms with Gasteiger partial charge in [0.05, 0.1) is 0 Å². The predicted octanol–water partition coefficient (Wildman–Crippen LogP) is 2.64. The first kappa shape index (κ1) is 12.3. The highest BCUT2D eigenvalue weighted by Gasteiger charge is 2.27. The van der Waals surface area contributed by atoms with Crippen LogP contribution in [0.25, 0.3) is 0 Å². The number of hydrogen-bond acceptors (Lipinski definition) is 4. The highest BCUT2D eigenvalue weighted by atomic mass is 16.5. The summed E-state index contributed by atoms with van der Waals surface area (Å²) in [6.45, 7) is 1.92. The predicted molar refractivity (Wildman–Crippen MR) is 67.5 cm³/mol. The lowest BCUT2D eigenvalue weighted by atomic mass is 9.85. The topological polar surface area (TPSA) is 61.0 Å². The van der Waals surface area contributed by atoms with Crippen molar-refractivity contribution >= 4 is 5.82 Å². The molecule has 0 amide bonds.